The number of aromatic nitrogens is 2. The van der Waals surface area contributed by atoms with Gasteiger partial charge >= 0.3 is 6.03 Å². The number of carbonyl (C=O) groups is 2. The second-order valence-electron chi connectivity index (χ2n) is 7.56. The number of likely N-dealkylation sites (tertiary alicyclic amines) is 1. The minimum Gasteiger partial charge on any atom is -0.333 e. The van der Waals surface area contributed by atoms with E-state index in [0.717, 1.165) is 36.3 Å². The van der Waals surface area contributed by atoms with E-state index in [-0.39, 0.29) is 28.3 Å². The number of hydrogen-bond acceptors (Lipinski definition) is 5. The Morgan fingerprint density at radius 3 is 2.64 bits per heavy atom. The van der Waals surface area contributed by atoms with Gasteiger partial charge in [-0.15, -0.1) is 10.2 Å². The number of carbonyl (C=O) groups excluding carboxylic acids is 2. The maximum atomic E-state index is 13.3. The van der Waals surface area contributed by atoms with Crippen LogP contribution >= 0.6 is 11.3 Å². The standard InChI is InChI=1S/C18H21F2N5O2S/c1-18(2,3)22-17(27)25-8-4-5-13(25)15-23-24-16(28-15)14(26)21-10-6-7-11(19)12(20)9-10/h6-7,9,13H,4-5,8H2,1-3H3,(H,21,26)(H,22,27)/t13-/m0/s1. The average molecular weight is 409 g/mol. The molecule has 1 aromatic carbocycles. The maximum Gasteiger partial charge on any atom is 0.318 e. The summed E-state index contributed by atoms with van der Waals surface area (Å²) >= 11 is 1.08. The van der Waals surface area contributed by atoms with Crippen molar-refractivity contribution in [3.8, 4) is 0 Å². The molecule has 1 aliphatic heterocycles. The zero-order chi connectivity index (χ0) is 20.5. The van der Waals surface area contributed by atoms with Crippen LogP contribution in [0, 0.1) is 11.6 Å². The highest BCUT2D eigenvalue weighted by molar-refractivity contribution is 7.13. The predicted octanol–water partition coefficient (Wildman–Crippen LogP) is 3.71. The minimum absolute atomic E-state index is 0.0859. The van der Waals surface area contributed by atoms with Crippen molar-refractivity contribution in [2.24, 2.45) is 0 Å². The Morgan fingerprint density at radius 1 is 1.21 bits per heavy atom. The van der Waals surface area contributed by atoms with Crippen LogP contribution in [0.2, 0.25) is 0 Å². The number of nitrogens with one attached hydrogen (secondary N) is 2. The van der Waals surface area contributed by atoms with Crippen LogP contribution in [0.5, 0.6) is 0 Å². The molecule has 7 nitrogen and oxygen atoms in total. The van der Waals surface area contributed by atoms with Gasteiger partial charge in [0.25, 0.3) is 5.91 Å². The molecule has 1 saturated heterocycles. The first-order chi connectivity index (χ1) is 13.1. The van der Waals surface area contributed by atoms with E-state index < -0.39 is 17.5 Å². The third-order valence-corrected chi connectivity index (χ3v) is 5.12. The van der Waals surface area contributed by atoms with Gasteiger partial charge in [0.1, 0.15) is 5.01 Å². The fourth-order valence-electron chi connectivity index (χ4n) is 2.88. The highest BCUT2D eigenvalue weighted by Crippen LogP contribution is 2.34. The molecule has 28 heavy (non-hydrogen) atoms. The van der Waals surface area contributed by atoms with Crippen molar-refractivity contribution in [3.63, 3.8) is 0 Å². The van der Waals surface area contributed by atoms with Crippen LogP contribution in [0.4, 0.5) is 19.3 Å². The number of urea groups is 1. The molecule has 1 aromatic heterocycles. The van der Waals surface area contributed by atoms with E-state index in [1.165, 1.54) is 6.07 Å². The molecule has 0 bridgehead atoms. The number of amides is 3. The molecule has 2 heterocycles. The van der Waals surface area contributed by atoms with Crippen LogP contribution in [0.25, 0.3) is 0 Å². The zero-order valence-corrected chi connectivity index (χ0v) is 16.6. The van der Waals surface area contributed by atoms with Gasteiger partial charge in [-0.2, -0.15) is 0 Å². The predicted molar refractivity (Wildman–Crippen MR) is 101 cm³/mol. The number of hydrogen-bond donors (Lipinski definition) is 2. The number of halogens is 2. The van der Waals surface area contributed by atoms with Crippen molar-refractivity contribution >= 4 is 29.0 Å². The summed E-state index contributed by atoms with van der Waals surface area (Å²) in [5, 5.41) is 14.0. The van der Waals surface area contributed by atoms with E-state index in [0.29, 0.717) is 11.6 Å². The second kappa shape index (κ2) is 7.78. The lowest BCUT2D eigenvalue weighted by molar-refractivity contribution is 0.102. The highest BCUT2D eigenvalue weighted by Gasteiger charge is 2.34. The Balaban J connectivity index is 1.71. The summed E-state index contributed by atoms with van der Waals surface area (Å²) in [5.74, 6) is -2.62. The summed E-state index contributed by atoms with van der Waals surface area (Å²) in [6.45, 7) is 6.31. The average Bonchev–Trinajstić information content (AvgIpc) is 3.25. The van der Waals surface area contributed by atoms with Gasteiger partial charge in [0, 0.05) is 23.8 Å². The lowest BCUT2D eigenvalue weighted by Gasteiger charge is -2.28. The molecular formula is C18H21F2N5O2S. The van der Waals surface area contributed by atoms with E-state index >= 15 is 0 Å². The van der Waals surface area contributed by atoms with Crippen LogP contribution in [0.1, 0.15) is 54.5 Å². The molecule has 10 heteroatoms. The summed E-state index contributed by atoms with van der Waals surface area (Å²) in [5.41, 5.74) is -0.242. The third-order valence-electron chi connectivity index (χ3n) is 4.09. The maximum absolute atomic E-state index is 13.3. The van der Waals surface area contributed by atoms with Crippen molar-refractivity contribution in [2.75, 3.05) is 11.9 Å². The fraction of sp³-hybridized carbons (Fsp3) is 0.444. The smallest absolute Gasteiger partial charge is 0.318 e. The molecular weight excluding hydrogens is 388 g/mol. The van der Waals surface area contributed by atoms with Crippen molar-refractivity contribution < 1.29 is 18.4 Å². The van der Waals surface area contributed by atoms with Gasteiger partial charge in [-0.1, -0.05) is 11.3 Å². The molecule has 2 N–H and O–H groups in total. The number of anilines is 1. The quantitative estimate of drug-likeness (QED) is 0.809. The van der Waals surface area contributed by atoms with Crippen molar-refractivity contribution in [1.82, 2.24) is 20.4 Å². The molecule has 0 radical (unpaired) electrons. The summed E-state index contributed by atoms with van der Waals surface area (Å²) in [7, 11) is 0. The van der Waals surface area contributed by atoms with E-state index in [4.69, 9.17) is 0 Å². The van der Waals surface area contributed by atoms with E-state index in [1.54, 1.807) is 4.90 Å². The SMILES string of the molecule is CC(C)(C)NC(=O)N1CCC[C@H]1c1nnc(C(=O)Nc2ccc(F)c(F)c2)s1. The molecule has 2 aromatic rings. The van der Waals surface area contributed by atoms with Crippen LogP contribution < -0.4 is 10.6 Å². The first-order valence-electron chi connectivity index (χ1n) is 8.82. The number of rotatable bonds is 3. The van der Waals surface area contributed by atoms with Crippen LogP contribution in [0.15, 0.2) is 18.2 Å². The molecule has 1 atom stereocenters. The lowest BCUT2D eigenvalue weighted by Crippen LogP contribution is -2.48. The lowest BCUT2D eigenvalue weighted by atomic mass is 10.1. The van der Waals surface area contributed by atoms with Crippen molar-refractivity contribution in [3.05, 3.63) is 39.8 Å². The molecule has 0 aliphatic carbocycles. The Labute approximate surface area is 165 Å². The topological polar surface area (TPSA) is 87.2 Å². The second-order valence-corrected chi connectivity index (χ2v) is 8.57. The van der Waals surface area contributed by atoms with E-state index in [1.807, 2.05) is 20.8 Å². The van der Waals surface area contributed by atoms with Crippen LogP contribution in [-0.4, -0.2) is 39.1 Å². The van der Waals surface area contributed by atoms with Crippen molar-refractivity contribution in [1.29, 1.82) is 0 Å². The van der Waals surface area contributed by atoms with Gasteiger partial charge < -0.3 is 15.5 Å². The van der Waals surface area contributed by atoms with Gasteiger partial charge in [-0.05, 0) is 45.7 Å². The highest BCUT2D eigenvalue weighted by atomic mass is 32.1. The summed E-state index contributed by atoms with van der Waals surface area (Å²) in [6.07, 6.45) is 1.56. The largest absolute Gasteiger partial charge is 0.333 e. The molecule has 0 unspecified atom stereocenters. The van der Waals surface area contributed by atoms with Gasteiger partial charge in [-0.25, -0.2) is 13.6 Å². The summed E-state index contributed by atoms with van der Waals surface area (Å²) < 4.78 is 26.3. The fourth-order valence-corrected chi connectivity index (χ4v) is 3.76. The monoisotopic (exact) mass is 409 g/mol. The minimum atomic E-state index is -1.05. The molecule has 0 saturated carbocycles. The summed E-state index contributed by atoms with van der Waals surface area (Å²) in [4.78, 5) is 26.5. The Bertz CT molecular complexity index is 896. The molecule has 150 valence electrons. The Kier molecular flexibility index (Phi) is 5.59. The van der Waals surface area contributed by atoms with Gasteiger partial charge in [0.15, 0.2) is 11.6 Å². The van der Waals surface area contributed by atoms with Gasteiger partial charge in [-0.3, -0.25) is 4.79 Å². The van der Waals surface area contributed by atoms with Gasteiger partial charge in [0.2, 0.25) is 5.01 Å². The first-order valence-corrected chi connectivity index (χ1v) is 9.64. The normalized spacial score (nSPS) is 16.9. The summed E-state index contributed by atoms with van der Waals surface area (Å²) in [6, 6.07) is 2.65. The molecule has 0 spiro atoms. The number of nitrogens with zero attached hydrogens (tertiary/aromatic N) is 3. The van der Waals surface area contributed by atoms with Gasteiger partial charge in [0.05, 0.1) is 6.04 Å². The van der Waals surface area contributed by atoms with E-state index in [9.17, 15) is 18.4 Å². The molecule has 3 amide bonds. The zero-order valence-electron chi connectivity index (χ0n) is 15.8. The third kappa shape index (κ3) is 4.61. The molecule has 1 aliphatic rings. The van der Waals surface area contributed by atoms with E-state index in [2.05, 4.69) is 20.8 Å². The Hall–Kier alpha value is -2.62. The number of benzene rings is 1. The van der Waals surface area contributed by atoms with Crippen LogP contribution in [-0.2, 0) is 0 Å². The van der Waals surface area contributed by atoms with Crippen LogP contribution in [0.3, 0.4) is 0 Å². The molecule has 1 fully saturated rings. The molecule has 3 rings (SSSR count). The Morgan fingerprint density at radius 2 is 1.96 bits per heavy atom. The first kappa shape index (κ1) is 20.1. The van der Waals surface area contributed by atoms with Crippen molar-refractivity contribution in [2.45, 2.75) is 45.2 Å².